The molecule has 2 N–H and O–H groups in total. The Balaban J connectivity index is 1.53. The van der Waals surface area contributed by atoms with Crippen LogP contribution in [-0.4, -0.2) is 11.2 Å². The number of hydrogen-bond acceptors (Lipinski definition) is 4. The third-order valence-corrected chi connectivity index (χ3v) is 5.12. The molecule has 0 bridgehead atoms. The molecule has 1 aromatic heterocycles. The van der Waals surface area contributed by atoms with E-state index in [0.29, 0.717) is 22.5 Å². The number of hydrogen-bond donors (Lipinski definition) is 2. The summed E-state index contributed by atoms with van der Waals surface area (Å²) in [6.07, 6.45) is 0. The number of amides is 2. The predicted molar refractivity (Wildman–Crippen MR) is 107 cm³/mol. The molecule has 1 fully saturated rings. The molecule has 30 heavy (non-hydrogen) atoms. The molecule has 1 aliphatic heterocycles. The number of nitrogens with one attached hydrogen (secondary N) is 2. The average Bonchev–Trinajstić information content (AvgIpc) is 3.29. The van der Waals surface area contributed by atoms with E-state index in [9.17, 15) is 13.6 Å². The minimum Gasteiger partial charge on any atom is -0.355 e. The third-order valence-electron chi connectivity index (χ3n) is 5.12. The Morgan fingerprint density at radius 2 is 1.80 bits per heavy atom. The van der Waals surface area contributed by atoms with Crippen molar-refractivity contribution in [2.24, 2.45) is 0 Å². The highest BCUT2D eigenvalue weighted by Crippen LogP contribution is 2.33. The molecule has 1 atom stereocenters. The third kappa shape index (κ3) is 2.98. The molecule has 0 aliphatic carbocycles. The van der Waals surface area contributed by atoms with Crippen molar-refractivity contribution in [1.29, 1.82) is 0 Å². The summed E-state index contributed by atoms with van der Waals surface area (Å²) in [4.78, 5) is 12.6. The lowest BCUT2D eigenvalue weighted by molar-refractivity contribution is 0.248. The average molecular weight is 406 g/mol. The van der Waals surface area contributed by atoms with Crippen LogP contribution in [0.4, 0.5) is 19.3 Å². The Kier molecular flexibility index (Phi) is 4.04. The van der Waals surface area contributed by atoms with E-state index in [2.05, 4.69) is 15.9 Å². The van der Waals surface area contributed by atoms with Gasteiger partial charge in [0.15, 0.2) is 5.76 Å². The standard InChI is InChI=1S/C22H16F2N4O2/c1-22(25-21(29)28(27-22)17-4-2-3-16(24)12-17)14-7-10-19-18(11-14)20(30-26-19)13-5-8-15(23)9-6-13/h2-12,27H,1H3,(H,25,29). The number of aromatic nitrogens is 1. The van der Waals surface area contributed by atoms with Crippen LogP contribution < -0.4 is 15.8 Å². The molecule has 0 spiro atoms. The Hall–Kier alpha value is -3.78. The fourth-order valence-electron chi connectivity index (χ4n) is 3.57. The molecular weight excluding hydrogens is 390 g/mol. The lowest BCUT2D eigenvalue weighted by Gasteiger charge is -2.25. The quantitative estimate of drug-likeness (QED) is 0.518. The van der Waals surface area contributed by atoms with Crippen molar-refractivity contribution < 1.29 is 18.1 Å². The van der Waals surface area contributed by atoms with E-state index >= 15 is 0 Å². The summed E-state index contributed by atoms with van der Waals surface area (Å²) >= 11 is 0. The van der Waals surface area contributed by atoms with Crippen molar-refractivity contribution in [3.8, 4) is 11.3 Å². The summed E-state index contributed by atoms with van der Waals surface area (Å²) < 4.78 is 32.4. The van der Waals surface area contributed by atoms with Gasteiger partial charge < -0.3 is 9.84 Å². The maximum absolute atomic E-state index is 13.6. The van der Waals surface area contributed by atoms with E-state index in [-0.39, 0.29) is 5.82 Å². The van der Waals surface area contributed by atoms with Gasteiger partial charge in [-0.1, -0.05) is 17.3 Å². The molecular formula is C22H16F2N4O2. The molecule has 2 heterocycles. The maximum atomic E-state index is 13.6. The highest BCUT2D eigenvalue weighted by Gasteiger charge is 2.40. The predicted octanol–water partition coefficient (Wildman–Crippen LogP) is 4.68. The second-order valence-corrected chi connectivity index (χ2v) is 7.23. The van der Waals surface area contributed by atoms with E-state index in [1.807, 2.05) is 12.1 Å². The number of hydrazine groups is 1. The Morgan fingerprint density at radius 1 is 1.00 bits per heavy atom. The number of rotatable bonds is 3. The molecule has 1 aliphatic rings. The van der Waals surface area contributed by atoms with Gasteiger partial charge in [-0.15, -0.1) is 0 Å². The van der Waals surface area contributed by atoms with Gasteiger partial charge in [-0.3, -0.25) is 0 Å². The Labute approximate surface area is 170 Å². The fourth-order valence-corrected chi connectivity index (χ4v) is 3.57. The smallest absolute Gasteiger partial charge is 0.338 e. The number of halogens is 2. The molecule has 3 aromatic carbocycles. The molecule has 150 valence electrons. The van der Waals surface area contributed by atoms with Crippen LogP contribution in [-0.2, 0) is 5.66 Å². The highest BCUT2D eigenvalue weighted by atomic mass is 19.1. The lowest BCUT2D eigenvalue weighted by Crippen LogP contribution is -2.45. The summed E-state index contributed by atoms with van der Waals surface area (Å²) in [5, 5.41) is 8.95. The first-order chi connectivity index (χ1) is 14.4. The van der Waals surface area contributed by atoms with Crippen LogP contribution in [0.1, 0.15) is 12.5 Å². The second-order valence-electron chi connectivity index (χ2n) is 7.23. The zero-order valence-corrected chi connectivity index (χ0v) is 15.8. The topological polar surface area (TPSA) is 70.4 Å². The van der Waals surface area contributed by atoms with Gasteiger partial charge in [0.25, 0.3) is 0 Å². The monoisotopic (exact) mass is 406 g/mol. The molecule has 0 saturated carbocycles. The SMILES string of the molecule is CC1(c2ccc3noc(-c4ccc(F)cc4)c3c2)NC(=O)N(c2cccc(F)c2)N1. The van der Waals surface area contributed by atoms with Crippen LogP contribution in [0, 0.1) is 11.6 Å². The van der Waals surface area contributed by atoms with E-state index in [0.717, 1.165) is 10.9 Å². The van der Waals surface area contributed by atoms with Gasteiger partial charge in [0.2, 0.25) is 0 Å². The van der Waals surface area contributed by atoms with Gasteiger partial charge in [-0.2, -0.15) is 5.43 Å². The molecule has 2 amide bonds. The van der Waals surface area contributed by atoms with Gasteiger partial charge >= 0.3 is 6.03 Å². The first-order valence-electron chi connectivity index (χ1n) is 9.24. The first-order valence-corrected chi connectivity index (χ1v) is 9.24. The molecule has 1 saturated heterocycles. The van der Waals surface area contributed by atoms with Crippen molar-refractivity contribution in [3.63, 3.8) is 0 Å². The van der Waals surface area contributed by atoms with Gasteiger partial charge in [0.1, 0.15) is 22.8 Å². The molecule has 5 rings (SSSR count). The zero-order valence-electron chi connectivity index (χ0n) is 15.8. The Bertz CT molecular complexity index is 1270. The van der Waals surface area contributed by atoms with Gasteiger partial charge in [-0.05, 0) is 67.1 Å². The van der Waals surface area contributed by atoms with Crippen LogP contribution in [0.5, 0.6) is 0 Å². The van der Waals surface area contributed by atoms with Gasteiger partial charge in [0.05, 0.1) is 11.1 Å². The molecule has 1 unspecified atom stereocenters. The number of nitrogens with zero attached hydrogens (tertiary/aromatic N) is 2. The van der Waals surface area contributed by atoms with E-state index in [1.54, 1.807) is 31.2 Å². The lowest BCUT2D eigenvalue weighted by atomic mass is 9.99. The number of urea groups is 1. The molecule has 4 aromatic rings. The van der Waals surface area contributed by atoms with E-state index < -0.39 is 17.5 Å². The van der Waals surface area contributed by atoms with Crippen LogP contribution in [0.2, 0.25) is 0 Å². The van der Waals surface area contributed by atoms with Crippen LogP contribution in [0.15, 0.2) is 71.3 Å². The maximum Gasteiger partial charge on any atom is 0.338 e. The van der Waals surface area contributed by atoms with Crippen molar-refractivity contribution in [2.75, 3.05) is 5.01 Å². The van der Waals surface area contributed by atoms with Crippen LogP contribution in [0.3, 0.4) is 0 Å². The fraction of sp³-hybridized carbons (Fsp3) is 0.0909. The van der Waals surface area contributed by atoms with E-state index in [4.69, 9.17) is 4.52 Å². The number of carbonyl (C=O) groups excluding carboxylic acids is 1. The number of benzene rings is 3. The van der Waals surface area contributed by atoms with Crippen molar-refractivity contribution in [2.45, 2.75) is 12.6 Å². The van der Waals surface area contributed by atoms with Crippen LogP contribution >= 0.6 is 0 Å². The second kappa shape index (κ2) is 6.64. The summed E-state index contributed by atoms with van der Waals surface area (Å²) in [7, 11) is 0. The minimum absolute atomic E-state index is 0.342. The number of carbonyl (C=O) groups is 1. The van der Waals surface area contributed by atoms with Crippen molar-refractivity contribution in [1.82, 2.24) is 15.9 Å². The van der Waals surface area contributed by atoms with E-state index in [1.165, 1.54) is 35.3 Å². The highest BCUT2D eigenvalue weighted by molar-refractivity contribution is 5.95. The minimum atomic E-state index is -0.949. The summed E-state index contributed by atoms with van der Waals surface area (Å²) in [5.41, 5.74) is 4.60. The zero-order chi connectivity index (χ0) is 20.9. The normalized spacial score (nSPS) is 18.8. The van der Waals surface area contributed by atoms with Crippen LogP contribution in [0.25, 0.3) is 22.2 Å². The summed E-state index contributed by atoms with van der Waals surface area (Å²) in [5.74, 6) is -0.279. The largest absolute Gasteiger partial charge is 0.355 e. The van der Waals surface area contributed by atoms with Gasteiger partial charge in [-0.25, -0.2) is 18.6 Å². The first kappa shape index (κ1) is 18.3. The molecule has 8 heteroatoms. The summed E-state index contributed by atoms with van der Waals surface area (Å²) in [6, 6.07) is 16.7. The number of fused-ring (bicyclic) bond motifs is 1. The van der Waals surface area contributed by atoms with Crippen molar-refractivity contribution in [3.05, 3.63) is 83.9 Å². The summed E-state index contributed by atoms with van der Waals surface area (Å²) in [6.45, 7) is 1.80. The molecule has 6 nitrogen and oxygen atoms in total. The van der Waals surface area contributed by atoms with Crippen molar-refractivity contribution >= 4 is 22.6 Å². The van der Waals surface area contributed by atoms with Gasteiger partial charge in [0, 0.05) is 5.56 Å². The Morgan fingerprint density at radius 3 is 2.57 bits per heavy atom. The number of anilines is 1. The molecule has 0 radical (unpaired) electrons.